The highest BCUT2D eigenvalue weighted by molar-refractivity contribution is 7.80. The zero-order valence-electron chi connectivity index (χ0n) is 14.7. The van der Waals surface area contributed by atoms with Gasteiger partial charge in [0.15, 0.2) is 0 Å². The number of methoxy groups -OCH3 is 1. The van der Waals surface area contributed by atoms with Crippen LogP contribution in [0, 0.1) is 0 Å². The highest BCUT2D eigenvalue weighted by Crippen LogP contribution is 2.33. The molecule has 0 aliphatic heterocycles. The van der Waals surface area contributed by atoms with Gasteiger partial charge in [0.05, 0.1) is 22.9 Å². The number of carbonyl (C=O) groups excluding carboxylic acids is 2. The number of benzene rings is 1. The zero-order valence-corrected chi connectivity index (χ0v) is 16.4. The van der Waals surface area contributed by atoms with E-state index >= 15 is 0 Å². The number of hydrogen-bond donors (Lipinski definition) is 4. The summed E-state index contributed by atoms with van der Waals surface area (Å²) in [6, 6.07) is 1.13. The van der Waals surface area contributed by atoms with Crippen molar-refractivity contribution < 1.29 is 29.0 Å². The van der Waals surface area contributed by atoms with E-state index in [0.29, 0.717) is 0 Å². The Balaban J connectivity index is 3.15. The molecule has 0 aromatic heterocycles. The van der Waals surface area contributed by atoms with E-state index in [-0.39, 0.29) is 21.8 Å². The molecule has 1 aromatic carbocycles. The van der Waals surface area contributed by atoms with Crippen LogP contribution >= 0.6 is 24.2 Å². The summed E-state index contributed by atoms with van der Waals surface area (Å²) in [5.41, 5.74) is 5.44. The molecule has 1 aromatic rings. The summed E-state index contributed by atoms with van der Waals surface area (Å²) in [5, 5.41) is 10.6. The number of carboxylic acid groups (broad SMARTS) is 1. The Bertz CT molecular complexity index is 719. The minimum atomic E-state index is -1.45. The molecule has 0 saturated heterocycles. The van der Waals surface area contributed by atoms with Gasteiger partial charge in [0, 0.05) is 5.69 Å². The first kappa shape index (κ1) is 21.9. The van der Waals surface area contributed by atoms with Gasteiger partial charge in [-0.1, -0.05) is 11.6 Å². The fraction of sp³-hybridized carbons (Fsp3) is 0.438. The summed E-state index contributed by atoms with van der Waals surface area (Å²) in [6.45, 7) is 4.93. The van der Waals surface area contributed by atoms with E-state index in [4.69, 9.17) is 22.1 Å². The van der Waals surface area contributed by atoms with Crippen molar-refractivity contribution in [2.75, 3.05) is 12.8 Å². The minimum absolute atomic E-state index is 0.0153. The Hall–Kier alpha value is -2.13. The molecule has 1 unspecified atom stereocenters. The number of anilines is 1. The molecular weight excluding hydrogens is 384 g/mol. The van der Waals surface area contributed by atoms with Crippen molar-refractivity contribution in [1.29, 1.82) is 0 Å². The van der Waals surface area contributed by atoms with Gasteiger partial charge in [-0.3, -0.25) is 0 Å². The second-order valence-electron chi connectivity index (χ2n) is 6.36. The van der Waals surface area contributed by atoms with E-state index in [1.165, 1.54) is 19.2 Å². The standard InChI is InChI=1S/C16H21ClN2O6S/c1-16(2,3)25-15(23)19-11(13(20)21)12(26)8-5-9(17)7(6-10(8)18)14(22)24-4/h5-6,11-12,26H,18H2,1-4H3,(H,19,23)(H,20,21)/t11-,12?/m0/s1. The van der Waals surface area contributed by atoms with Crippen LogP contribution in [0.1, 0.15) is 41.9 Å². The van der Waals surface area contributed by atoms with Crippen LogP contribution in [0.5, 0.6) is 0 Å². The molecule has 0 bridgehead atoms. The van der Waals surface area contributed by atoms with Crippen molar-refractivity contribution in [3.05, 3.63) is 28.3 Å². The lowest BCUT2D eigenvalue weighted by Crippen LogP contribution is -2.45. The van der Waals surface area contributed by atoms with Gasteiger partial charge >= 0.3 is 18.0 Å². The van der Waals surface area contributed by atoms with Crippen molar-refractivity contribution >= 4 is 47.9 Å². The van der Waals surface area contributed by atoms with Gasteiger partial charge < -0.3 is 25.6 Å². The van der Waals surface area contributed by atoms with Gasteiger partial charge in [0.2, 0.25) is 0 Å². The average Bonchev–Trinajstić information content (AvgIpc) is 2.51. The fourth-order valence-electron chi connectivity index (χ4n) is 2.02. The largest absolute Gasteiger partial charge is 0.480 e. The van der Waals surface area contributed by atoms with Crippen LogP contribution in [-0.4, -0.2) is 41.9 Å². The third-order valence-corrected chi connectivity index (χ3v) is 4.04. The van der Waals surface area contributed by atoms with E-state index in [1.54, 1.807) is 20.8 Å². The summed E-state index contributed by atoms with van der Waals surface area (Å²) in [7, 11) is 1.19. The lowest BCUT2D eigenvalue weighted by Gasteiger charge is -2.25. The number of hydrogen-bond acceptors (Lipinski definition) is 7. The second-order valence-corrected chi connectivity index (χ2v) is 7.32. The van der Waals surface area contributed by atoms with E-state index < -0.39 is 34.9 Å². The first-order chi connectivity index (χ1) is 11.9. The molecule has 4 N–H and O–H groups in total. The van der Waals surface area contributed by atoms with Crippen molar-refractivity contribution in [2.45, 2.75) is 37.7 Å². The number of carbonyl (C=O) groups is 3. The highest BCUT2D eigenvalue weighted by Gasteiger charge is 2.32. The SMILES string of the molecule is COC(=O)c1cc(N)c(C(S)[C@H](NC(=O)OC(C)(C)C)C(=O)O)cc1Cl. The van der Waals surface area contributed by atoms with E-state index in [2.05, 4.69) is 22.7 Å². The van der Waals surface area contributed by atoms with Crippen LogP contribution < -0.4 is 11.1 Å². The van der Waals surface area contributed by atoms with E-state index in [0.717, 1.165) is 0 Å². The maximum Gasteiger partial charge on any atom is 0.408 e. The van der Waals surface area contributed by atoms with Crippen molar-refractivity contribution in [1.82, 2.24) is 5.32 Å². The van der Waals surface area contributed by atoms with Crippen molar-refractivity contribution in [2.24, 2.45) is 0 Å². The number of nitrogen functional groups attached to an aromatic ring is 1. The lowest BCUT2D eigenvalue weighted by molar-refractivity contribution is -0.139. The molecule has 0 aliphatic rings. The first-order valence-electron chi connectivity index (χ1n) is 7.45. The van der Waals surface area contributed by atoms with Gasteiger partial charge in [-0.25, -0.2) is 14.4 Å². The number of nitrogens with two attached hydrogens (primary N) is 1. The fourth-order valence-corrected chi connectivity index (χ4v) is 2.69. The summed E-state index contributed by atoms with van der Waals surface area (Å²) < 4.78 is 9.65. The van der Waals surface area contributed by atoms with Crippen LogP contribution in [0.25, 0.3) is 0 Å². The number of amides is 1. The number of halogens is 1. The third-order valence-electron chi connectivity index (χ3n) is 3.15. The van der Waals surface area contributed by atoms with Crippen molar-refractivity contribution in [3.8, 4) is 0 Å². The zero-order chi connectivity index (χ0) is 20.2. The number of esters is 1. The maximum absolute atomic E-state index is 11.9. The average molecular weight is 405 g/mol. The molecule has 0 heterocycles. The Kier molecular flexibility index (Phi) is 7.16. The number of carboxylic acids is 1. The molecule has 0 radical (unpaired) electrons. The number of nitrogens with one attached hydrogen (secondary N) is 1. The number of aliphatic carboxylic acids is 1. The second kappa shape index (κ2) is 8.50. The van der Waals surface area contributed by atoms with E-state index in [1.807, 2.05) is 0 Å². The molecule has 0 saturated carbocycles. The van der Waals surface area contributed by atoms with Crippen LogP contribution in [0.2, 0.25) is 5.02 Å². The molecule has 0 fully saturated rings. The summed E-state index contributed by atoms with van der Waals surface area (Å²) >= 11 is 10.3. The lowest BCUT2D eigenvalue weighted by atomic mass is 10.0. The van der Waals surface area contributed by atoms with Gasteiger partial charge in [-0.15, -0.1) is 0 Å². The highest BCUT2D eigenvalue weighted by atomic mass is 35.5. The van der Waals surface area contributed by atoms with Crippen LogP contribution in [0.15, 0.2) is 12.1 Å². The predicted octanol–water partition coefficient (Wildman–Crippen LogP) is 2.66. The Morgan fingerprint density at radius 2 is 1.88 bits per heavy atom. The molecule has 8 nitrogen and oxygen atoms in total. The Labute approximate surface area is 161 Å². The monoisotopic (exact) mass is 404 g/mol. The molecular formula is C16H21ClN2O6S. The third kappa shape index (κ3) is 5.70. The maximum atomic E-state index is 11.9. The number of ether oxygens (including phenoxy) is 2. The van der Waals surface area contributed by atoms with E-state index in [9.17, 15) is 19.5 Å². The number of rotatable bonds is 5. The number of thiol groups is 1. The van der Waals surface area contributed by atoms with Crippen LogP contribution in [0.3, 0.4) is 0 Å². The molecule has 144 valence electrons. The smallest absolute Gasteiger partial charge is 0.408 e. The van der Waals surface area contributed by atoms with Crippen molar-refractivity contribution in [3.63, 3.8) is 0 Å². The molecule has 1 rings (SSSR count). The van der Waals surface area contributed by atoms with Gasteiger partial charge in [-0.05, 0) is 38.5 Å². The summed E-state index contributed by atoms with van der Waals surface area (Å²) in [5.74, 6) is -2.03. The summed E-state index contributed by atoms with van der Waals surface area (Å²) in [4.78, 5) is 35.1. The van der Waals surface area contributed by atoms with Crippen LogP contribution in [0.4, 0.5) is 10.5 Å². The molecule has 10 heteroatoms. The van der Waals surface area contributed by atoms with Gasteiger partial charge in [0.1, 0.15) is 11.6 Å². The molecule has 0 aliphatic carbocycles. The minimum Gasteiger partial charge on any atom is -0.480 e. The molecule has 0 spiro atoms. The summed E-state index contributed by atoms with van der Waals surface area (Å²) in [6.07, 6.45) is -0.917. The Morgan fingerprint density at radius 3 is 2.35 bits per heavy atom. The topological polar surface area (TPSA) is 128 Å². The first-order valence-corrected chi connectivity index (χ1v) is 8.34. The predicted molar refractivity (Wildman–Crippen MR) is 99.7 cm³/mol. The van der Waals surface area contributed by atoms with Gasteiger partial charge in [0.25, 0.3) is 0 Å². The Morgan fingerprint density at radius 1 is 1.31 bits per heavy atom. The normalized spacial score (nSPS) is 13.5. The quantitative estimate of drug-likeness (QED) is 0.337. The molecule has 26 heavy (non-hydrogen) atoms. The number of alkyl carbamates (subject to hydrolysis) is 1. The van der Waals surface area contributed by atoms with Crippen LogP contribution in [-0.2, 0) is 14.3 Å². The molecule has 2 atom stereocenters. The molecule has 1 amide bonds. The van der Waals surface area contributed by atoms with Gasteiger partial charge in [-0.2, -0.15) is 12.6 Å².